The van der Waals surface area contributed by atoms with Gasteiger partial charge in [0.25, 0.3) is 0 Å². The molecule has 1 atom stereocenters. The van der Waals surface area contributed by atoms with Gasteiger partial charge in [-0.15, -0.1) is 0 Å². The fourth-order valence-electron chi connectivity index (χ4n) is 2.20. The average molecular weight is 317 g/mol. The topological polar surface area (TPSA) is 78.9 Å². The molecule has 0 saturated carbocycles. The lowest BCUT2D eigenvalue weighted by molar-refractivity contribution is -0.141. The second-order valence-electron chi connectivity index (χ2n) is 5.04. The lowest BCUT2D eigenvalue weighted by atomic mass is 10.1. The average Bonchev–Trinajstić information content (AvgIpc) is 2.96. The van der Waals surface area contributed by atoms with Crippen LogP contribution in [0, 0.1) is 0 Å². The summed E-state index contributed by atoms with van der Waals surface area (Å²) in [5.74, 6) is -0.187. The van der Waals surface area contributed by atoms with E-state index in [0.717, 1.165) is 31.6 Å². The molecular formula is C13H18F3N5O. The van der Waals surface area contributed by atoms with Crippen molar-refractivity contribution in [3.8, 4) is 0 Å². The number of carbonyl (C=O) groups is 1. The Bertz CT molecular complexity index is 503. The molecule has 3 N–H and O–H groups in total. The second kappa shape index (κ2) is 7.39. The number of amides is 1. The summed E-state index contributed by atoms with van der Waals surface area (Å²) in [7, 11) is 0. The number of halogens is 3. The number of alkyl halides is 3. The highest BCUT2D eigenvalue weighted by Crippen LogP contribution is 2.27. The molecule has 0 bridgehead atoms. The SMILES string of the molecule is O=C(CC1CCCN1)NCCNc1nccc(C(F)(F)F)n1. The fourth-order valence-corrected chi connectivity index (χ4v) is 2.20. The van der Waals surface area contributed by atoms with Crippen LogP contribution in [0.5, 0.6) is 0 Å². The maximum absolute atomic E-state index is 12.5. The van der Waals surface area contributed by atoms with Gasteiger partial charge in [-0.1, -0.05) is 0 Å². The zero-order valence-electron chi connectivity index (χ0n) is 11.9. The molecule has 2 heterocycles. The summed E-state index contributed by atoms with van der Waals surface area (Å²) in [6.07, 6.45) is -0.972. The van der Waals surface area contributed by atoms with Gasteiger partial charge in [-0.3, -0.25) is 4.79 Å². The van der Waals surface area contributed by atoms with Crippen molar-refractivity contribution in [1.29, 1.82) is 0 Å². The molecule has 9 heteroatoms. The predicted octanol–water partition coefficient (Wildman–Crippen LogP) is 1.17. The lowest BCUT2D eigenvalue weighted by Crippen LogP contribution is -2.34. The number of anilines is 1. The maximum Gasteiger partial charge on any atom is 0.433 e. The Balaban J connectivity index is 1.69. The summed E-state index contributed by atoms with van der Waals surface area (Å²) < 4.78 is 37.4. The Hall–Kier alpha value is -1.90. The first kappa shape index (κ1) is 16.5. The van der Waals surface area contributed by atoms with E-state index in [1.807, 2.05) is 0 Å². The van der Waals surface area contributed by atoms with Crippen molar-refractivity contribution in [1.82, 2.24) is 20.6 Å². The number of carbonyl (C=O) groups excluding carboxylic acids is 1. The van der Waals surface area contributed by atoms with Gasteiger partial charge in [0, 0.05) is 31.7 Å². The van der Waals surface area contributed by atoms with E-state index in [2.05, 4.69) is 25.9 Å². The predicted molar refractivity (Wildman–Crippen MR) is 74.2 cm³/mol. The molecule has 1 aromatic rings. The third kappa shape index (κ3) is 5.14. The molecular weight excluding hydrogens is 299 g/mol. The summed E-state index contributed by atoms with van der Waals surface area (Å²) >= 11 is 0. The first-order chi connectivity index (χ1) is 10.4. The van der Waals surface area contributed by atoms with E-state index in [0.29, 0.717) is 13.0 Å². The standard InChI is InChI=1S/C13H18F3N5O/c14-13(15,16)10-3-5-19-12(21-10)20-7-6-18-11(22)8-9-2-1-4-17-9/h3,5,9,17H,1-2,4,6-8H2,(H,18,22)(H,19,20,21). The Morgan fingerprint density at radius 3 is 2.91 bits per heavy atom. The van der Waals surface area contributed by atoms with E-state index in [1.165, 1.54) is 0 Å². The Morgan fingerprint density at radius 1 is 1.41 bits per heavy atom. The van der Waals surface area contributed by atoms with Crippen LogP contribution in [0.4, 0.5) is 19.1 Å². The molecule has 0 aliphatic carbocycles. The lowest BCUT2D eigenvalue weighted by Gasteiger charge is -2.11. The van der Waals surface area contributed by atoms with Crippen molar-refractivity contribution in [2.75, 3.05) is 25.0 Å². The molecule has 1 amide bonds. The number of hydrogen-bond acceptors (Lipinski definition) is 5. The smallest absolute Gasteiger partial charge is 0.354 e. The van der Waals surface area contributed by atoms with Gasteiger partial charge in [0.1, 0.15) is 5.69 Å². The first-order valence-corrected chi connectivity index (χ1v) is 7.09. The van der Waals surface area contributed by atoms with Crippen LogP contribution in [0.25, 0.3) is 0 Å². The molecule has 22 heavy (non-hydrogen) atoms. The van der Waals surface area contributed by atoms with Gasteiger partial charge in [-0.25, -0.2) is 9.97 Å². The summed E-state index contributed by atoms with van der Waals surface area (Å²) in [5, 5.41) is 8.58. The molecule has 122 valence electrons. The Morgan fingerprint density at radius 2 is 2.23 bits per heavy atom. The van der Waals surface area contributed by atoms with Crippen molar-refractivity contribution >= 4 is 11.9 Å². The minimum atomic E-state index is -4.50. The van der Waals surface area contributed by atoms with Crippen molar-refractivity contribution in [3.05, 3.63) is 18.0 Å². The quantitative estimate of drug-likeness (QED) is 0.686. The van der Waals surface area contributed by atoms with Crippen LogP contribution in [-0.4, -0.2) is 41.6 Å². The minimum absolute atomic E-state index is 0.0776. The van der Waals surface area contributed by atoms with Gasteiger partial charge in [-0.2, -0.15) is 13.2 Å². The zero-order chi connectivity index (χ0) is 16.0. The van der Waals surface area contributed by atoms with Gasteiger partial charge in [0.15, 0.2) is 0 Å². The molecule has 1 fully saturated rings. The van der Waals surface area contributed by atoms with Crippen molar-refractivity contribution in [3.63, 3.8) is 0 Å². The van der Waals surface area contributed by atoms with E-state index < -0.39 is 11.9 Å². The molecule has 0 aromatic carbocycles. The third-order valence-corrected chi connectivity index (χ3v) is 3.27. The molecule has 2 rings (SSSR count). The van der Waals surface area contributed by atoms with Crippen LogP contribution in [0.15, 0.2) is 12.3 Å². The molecule has 1 unspecified atom stereocenters. The highest BCUT2D eigenvalue weighted by molar-refractivity contribution is 5.76. The summed E-state index contributed by atoms with van der Waals surface area (Å²) in [4.78, 5) is 18.7. The van der Waals surface area contributed by atoms with E-state index in [1.54, 1.807) is 0 Å². The monoisotopic (exact) mass is 317 g/mol. The Kier molecular flexibility index (Phi) is 5.53. The highest BCUT2D eigenvalue weighted by atomic mass is 19.4. The van der Waals surface area contributed by atoms with Gasteiger partial charge in [0.2, 0.25) is 11.9 Å². The third-order valence-electron chi connectivity index (χ3n) is 3.27. The Labute approximate surface area is 125 Å². The van der Waals surface area contributed by atoms with Crippen molar-refractivity contribution in [2.24, 2.45) is 0 Å². The summed E-state index contributed by atoms with van der Waals surface area (Å²) in [6.45, 7) is 1.49. The molecule has 1 aliphatic rings. The van der Waals surface area contributed by atoms with Gasteiger partial charge in [0.05, 0.1) is 0 Å². The van der Waals surface area contributed by atoms with Gasteiger partial charge < -0.3 is 16.0 Å². The largest absolute Gasteiger partial charge is 0.433 e. The van der Waals surface area contributed by atoms with E-state index in [4.69, 9.17) is 0 Å². The number of nitrogens with one attached hydrogen (secondary N) is 3. The molecule has 1 saturated heterocycles. The van der Waals surface area contributed by atoms with E-state index in [9.17, 15) is 18.0 Å². The first-order valence-electron chi connectivity index (χ1n) is 7.09. The number of rotatable bonds is 6. The molecule has 1 aromatic heterocycles. The number of aromatic nitrogens is 2. The maximum atomic E-state index is 12.5. The summed E-state index contributed by atoms with van der Waals surface area (Å²) in [6, 6.07) is 1.03. The molecule has 0 spiro atoms. The van der Waals surface area contributed by atoms with Crippen molar-refractivity contribution in [2.45, 2.75) is 31.5 Å². The summed E-state index contributed by atoms with van der Waals surface area (Å²) in [5.41, 5.74) is -0.999. The second-order valence-corrected chi connectivity index (χ2v) is 5.04. The van der Waals surface area contributed by atoms with E-state index >= 15 is 0 Å². The number of hydrogen-bond donors (Lipinski definition) is 3. The fraction of sp³-hybridized carbons (Fsp3) is 0.615. The van der Waals surface area contributed by atoms with Crippen molar-refractivity contribution < 1.29 is 18.0 Å². The highest BCUT2D eigenvalue weighted by Gasteiger charge is 2.32. The molecule has 0 radical (unpaired) electrons. The molecule has 1 aliphatic heterocycles. The van der Waals surface area contributed by atoms with Crippen LogP contribution in [0.2, 0.25) is 0 Å². The minimum Gasteiger partial charge on any atom is -0.354 e. The van der Waals surface area contributed by atoms with Gasteiger partial charge >= 0.3 is 6.18 Å². The molecule has 6 nitrogen and oxygen atoms in total. The van der Waals surface area contributed by atoms with Gasteiger partial charge in [-0.05, 0) is 25.5 Å². The zero-order valence-corrected chi connectivity index (χ0v) is 11.9. The van der Waals surface area contributed by atoms with Crippen LogP contribution in [0.1, 0.15) is 25.0 Å². The number of nitrogens with zero attached hydrogens (tertiary/aromatic N) is 2. The van der Waals surface area contributed by atoms with Crippen LogP contribution in [0.3, 0.4) is 0 Å². The van der Waals surface area contributed by atoms with Crippen LogP contribution in [-0.2, 0) is 11.0 Å². The normalized spacial score (nSPS) is 18.2. The van der Waals surface area contributed by atoms with E-state index in [-0.39, 0.29) is 24.4 Å². The van der Waals surface area contributed by atoms with Crippen LogP contribution >= 0.6 is 0 Å². The van der Waals surface area contributed by atoms with Crippen LogP contribution < -0.4 is 16.0 Å².